The average Bonchev–Trinajstić information content (AvgIpc) is 2.96. The Hall–Kier alpha value is -1.58. The van der Waals surface area contributed by atoms with Gasteiger partial charge in [0, 0.05) is 22.0 Å². The zero-order valence-electron chi connectivity index (χ0n) is 14.0. The molecule has 0 aromatic heterocycles. The highest BCUT2D eigenvalue weighted by Crippen LogP contribution is 2.43. The number of allylic oxidation sites excluding steroid dienone is 1. The summed E-state index contributed by atoms with van der Waals surface area (Å²) < 4.78 is 6.63. The summed E-state index contributed by atoms with van der Waals surface area (Å²) in [7, 11) is 1.75. The number of hydrogen-bond donors (Lipinski definition) is 0. The molecule has 1 aliphatic carbocycles. The van der Waals surface area contributed by atoms with Gasteiger partial charge < -0.3 is 4.74 Å². The SMILES string of the molecule is COc1ccc(Br)cc1CN1CCC2(C=Cc3ccccc32)CC1. The Morgan fingerprint density at radius 1 is 1.12 bits per heavy atom. The van der Waals surface area contributed by atoms with Gasteiger partial charge in [-0.3, -0.25) is 4.90 Å². The molecule has 0 saturated carbocycles. The van der Waals surface area contributed by atoms with Gasteiger partial charge in [-0.2, -0.15) is 0 Å². The predicted octanol–water partition coefficient (Wildman–Crippen LogP) is 5.02. The van der Waals surface area contributed by atoms with Crippen molar-refractivity contribution in [2.45, 2.75) is 24.8 Å². The van der Waals surface area contributed by atoms with E-state index < -0.39 is 0 Å². The second-order valence-corrected chi connectivity index (χ2v) is 7.72. The first-order chi connectivity index (χ1) is 11.7. The highest BCUT2D eigenvalue weighted by atomic mass is 79.9. The summed E-state index contributed by atoms with van der Waals surface area (Å²) in [5.74, 6) is 0.976. The number of ether oxygens (including phenoxy) is 1. The van der Waals surface area contributed by atoms with Crippen molar-refractivity contribution in [3.8, 4) is 5.75 Å². The van der Waals surface area contributed by atoms with Crippen LogP contribution in [0.15, 0.2) is 53.0 Å². The van der Waals surface area contributed by atoms with Gasteiger partial charge in [-0.1, -0.05) is 52.3 Å². The largest absolute Gasteiger partial charge is 0.496 e. The van der Waals surface area contributed by atoms with Crippen molar-refractivity contribution >= 4 is 22.0 Å². The second-order valence-electron chi connectivity index (χ2n) is 6.81. The van der Waals surface area contributed by atoms with Crippen molar-refractivity contribution in [1.29, 1.82) is 0 Å². The van der Waals surface area contributed by atoms with E-state index in [4.69, 9.17) is 4.74 Å². The van der Waals surface area contributed by atoms with Gasteiger partial charge in [-0.05, 0) is 55.3 Å². The predicted molar refractivity (Wildman–Crippen MR) is 102 cm³/mol. The molecule has 1 saturated heterocycles. The lowest BCUT2D eigenvalue weighted by molar-refractivity contribution is 0.175. The van der Waals surface area contributed by atoms with Crippen molar-refractivity contribution in [2.24, 2.45) is 0 Å². The molecule has 2 aromatic rings. The Morgan fingerprint density at radius 3 is 2.71 bits per heavy atom. The summed E-state index contributed by atoms with van der Waals surface area (Å²) in [5.41, 5.74) is 4.43. The Kier molecular flexibility index (Phi) is 4.23. The molecule has 0 radical (unpaired) electrons. The van der Waals surface area contributed by atoms with E-state index in [9.17, 15) is 0 Å². The summed E-state index contributed by atoms with van der Waals surface area (Å²) in [5, 5.41) is 0. The van der Waals surface area contributed by atoms with Crippen LogP contribution in [0.1, 0.15) is 29.5 Å². The lowest BCUT2D eigenvalue weighted by atomic mass is 9.74. The molecule has 2 aromatic carbocycles. The Morgan fingerprint density at radius 2 is 1.92 bits per heavy atom. The Balaban J connectivity index is 1.48. The zero-order chi connectivity index (χ0) is 16.6. The van der Waals surface area contributed by atoms with Gasteiger partial charge in [0.25, 0.3) is 0 Å². The molecule has 1 heterocycles. The number of piperidine rings is 1. The summed E-state index contributed by atoms with van der Waals surface area (Å²) in [6.45, 7) is 3.19. The van der Waals surface area contributed by atoms with Crippen molar-refractivity contribution in [3.05, 3.63) is 69.7 Å². The van der Waals surface area contributed by atoms with Crippen LogP contribution in [0.25, 0.3) is 6.08 Å². The van der Waals surface area contributed by atoms with Crippen LogP contribution in [0.4, 0.5) is 0 Å². The highest BCUT2D eigenvalue weighted by Gasteiger charge is 2.37. The molecule has 1 spiro atoms. The van der Waals surface area contributed by atoms with Crippen molar-refractivity contribution < 1.29 is 4.74 Å². The molecule has 124 valence electrons. The topological polar surface area (TPSA) is 12.5 Å². The molecule has 2 aliphatic rings. The summed E-state index contributed by atoms with van der Waals surface area (Å²) in [4.78, 5) is 2.55. The third kappa shape index (κ3) is 2.80. The number of nitrogens with zero attached hydrogens (tertiary/aromatic N) is 1. The first-order valence-electron chi connectivity index (χ1n) is 8.54. The monoisotopic (exact) mass is 383 g/mol. The third-order valence-corrected chi connectivity index (χ3v) is 5.96. The van der Waals surface area contributed by atoms with Crippen molar-refractivity contribution in [3.63, 3.8) is 0 Å². The van der Waals surface area contributed by atoms with Crippen LogP contribution in [0, 0.1) is 0 Å². The van der Waals surface area contributed by atoms with Crippen LogP contribution in [0.5, 0.6) is 5.75 Å². The Labute approximate surface area is 152 Å². The van der Waals surface area contributed by atoms with Crippen LogP contribution >= 0.6 is 15.9 Å². The minimum Gasteiger partial charge on any atom is -0.496 e. The van der Waals surface area contributed by atoms with E-state index in [1.54, 1.807) is 7.11 Å². The maximum absolute atomic E-state index is 5.52. The van der Waals surface area contributed by atoms with Crippen LogP contribution in [0.2, 0.25) is 0 Å². The molecule has 2 nitrogen and oxygen atoms in total. The number of benzene rings is 2. The third-order valence-electron chi connectivity index (χ3n) is 5.46. The van der Waals surface area contributed by atoms with E-state index in [2.05, 4.69) is 63.3 Å². The van der Waals surface area contributed by atoms with Gasteiger partial charge in [-0.15, -0.1) is 0 Å². The molecule has 1 fully saturated rings. The number of rotatable bonds is 3. The van der Waals surface area contributed by atoms with E-state index in [0.717, 1.165) is 29.9 Å². The van der Waals surface area contributed by atoms with E-state index in [-0.39, 0.29) is 5.41 Å². The molecular weight excluding hydrogens is 362 g/mol. The first-order valence-corrected chi connectivity index (χ1v) is 9.33. The fourth-order valence-electron chi connectivity index (χ4n) is 4.09. The van der Waals surface area contributed by atoms with Crippen LogP contribution in [-0.4, -0.2) is 25.1 Å². The van der Waals surface area contributed by atoms with E-state index >= 15 is 0 Å². The number of likely N-dealkylation sites (tertiary alicyclic amines) is 1. The molecule has 0 atom stereocenters. The minimum atomic E-state index is 0.258. The van der Waals surface area contributed by atoms with Gasteiger partial charge in [0.05, 0.1) is 7.11 Å². The Bertz CT molecular complexity index is 775. The van der Waals surface area contributed by atoms with Crippen molar-refractivity contribution in [1.82, 2.24) is 4.90 Å². The van der Waals surface area contributed by atoms with Crippen LogP contribution in [-0.2, 0) is 12.0 Å². The molecule has 0 unspecified atom stereocenters. The standard InChI is InChI=1S/C21H22BrNO/c1-24-20-7-6-18(22)14-17(20)15-23-12-10-21(11-13-23)9-8-16-4-2-3-5-19(16)21/h2-9,14H,10-13,15H2,1H3. The number of halogens is 1. The van der Waals surface area contributed by atoms with Crippen molar-refractivity contribution in [2.75, 3.05) is 20.2 Å². The molecule has 1 aliphatic heterocycles. The van der Waals surface area contributed by atoms with Gasteiger partial charge in [0.2, 0.25) is 0 Å². The summed E-state index contributed by atoms with van der Waals surface area (Å²) in [6, 6.07) is 15.1. The van der Waals surface area contributed by atoms with Gasteiger partial charge in [-0.25, -0.2) is 0 Å². The first kappa shape index (κ1) is 15.9. The molecule has 24 heavy (non-hydrogen) atoms. The summed E-state index contributed by atoms with van der Waals surface area (Å²) in [6.07, 6.45) is 7.13. The molecule has 3 heteroatoms. The molecular formula is C21H22BrNO. The second kappa shape index (κ2) is 6.38. The van der Waals surface area contributed by atoms with Gasteiger partial charge in [0.1, 0.15) is 5.75 Å². The van der Waals surface area contributed by atoms with Crippen LogP contribution in [0.3, 0.4) is 0 Å². The zero-order valence-corrected chi connectivity index (χ0v) is 15.6. The minimum absolute atomic E-state index is 0.258. The van der Waals surface area contributed by atoms with E-state index in [1.165, 1.54) is 29.5 Å². The van der Waals surface area contributed by atoms with Gasteiger partial charge >= 0.3 is 0 Å². The van der Waals surface area contributed by atoms with Crippen LogP contribution < -0.4 is 4.74 Å². The summed E-state index contributed by atoms with van der Waals surface area (Å²) >= 11 is 3.57. The van der Waals surface area contributed by atoms with E-state index in [0.29, 0.717) is 0 Å². The van der Waals surface area contributed by atoms with E-state index in [1.807, 2.05) is 12.1 Å². The average molecular weight is 384 g/mol. The highest BCUT2D eigenvalue weighted by molar-refractivity contribution is 9.10. The maximum atomic E-state index is 5.52. The smallest absolute Gasteiger partial charge is 0.123 e. The lowest BCUT2D eigenvalue weighted by Gasteiger charge is -2.39. The number of methoxy groups -OCH3 is 1. The number of fused-ring (bicyclic) bond motifs is 2. The normalized spacial score (nSPS) is 18.8. The fourth-order valence-corrected chi connectivity index (χ4v) is 4.50. The fraction of sp³-hybridized carbons (Fsp3) is 0.333. The molecule has 0 bridgehead atoms. The lowest BCUT2D eigenvalue weighted by Crippen LogP contribution is -2.40. The molecule has 0 amide bonds. The molecule has 0 N–H and O–H groups in total. The number of hydrogen-bond acceptors (Lipinski definition) is 2. The quantitative estimate of drug-likeness (QED) is 0.737. The maximum Gasteiger partial charge on any atom is 0.123 e. The molecule has 4 rings (SSSR count). The van der Waals surface area contributed by atoms with Gasteiger partial charge in [0.15, 0.2) is 0 Å².